The number of hydrogen-bond donors (Lipinski definition) is 0. The van der Waals surface area contributed by atoms with Gasteiger partial charge in [-0.15, -0.1) is 0 Å². The van der Waals surface area contributed by atoms with Crippen LogP contribution in [-0.2, 0) is 9.53 Å². The Kier molecular flexibility index (Phi) is 4.86. The molecular weight excluding hydrogens is 188 g/mol. The highest BCUT2D eigenvalue weighted by atomic mass is 16.5. The molecule has 0 radical (unpaired) electrons. The monoisotopic (exact) mass is 210 g/mol. The standard InChI is InChI=1S/C13H22O2/c1-4-6-11(3)13(14)15-12-8-5-7-10(2)9-12/h6,10,12H,4-5,7-9H2,1-3H3. The van der Waals surface area contributed by atoms with Gasteiger partial charge in [0.05, 0.1) is 0 Å². The molecular formula is C13H22O2. The Morgan fingerprint density at radius 2 is 2.20 bits per heavy atom. The molecule has 2 nitrogen and oxygen atoms in total. The van der Waals surface area contributed by atoms with E-state index in [0.29, 0.717) is 5.92 Å². The Morgan fingerprint density at radius 1 is 1.47 bits per heavy atom. The van der Waals surface area contributed by atoms with E-state index in [-0.39, 0.29) is 12.1 Å². The number of carbonyl (C=O) groups is 1. The van der Waals surface area contributed by atoms with Gasteiger partial charge in [0.15, 0.2) is 0 Å². The van der Waals surface area contributed by atoms with Crippen LogP contribution in [0.5, 0.6) is 0 Å². The van der Waals surface area contributed by atoms with Gasteiger partial charge in [0.25, 0.3) is 0 Å². The number of allylic oxidation sites excluding steroid dienone is 1. The van der Waals surface area contributed by atoms with Crippen LogP contribution >= 0.6 is 0 Å². The minimum absolute atomic E-state index is 0.129. The minimum atomic E-state index is -0.129. The average molecular weight is 210 g/mol. The van der Waals surface area contributed by atoms with Gasteiger partial charge >= 0.3 is 5.97 Å². The predicted molar refractivity (Wildman–Crippen MR) is 61.6 cm³/mol. The minimum Gasteiger partial charge on any atom is -0.459 e. The maximum atomic E-state index is 11.6. The highest BCUT2D eigenvalue weighted by molar-refractivity contribution is 5.87. The number of carbonyl (C=O) groups excluding carboxylic acids is 1. The number of esters is 1. The molecule has 0 spiro atoms. The summed E-state index contributed by atoms with van der Waals surface area (Å²) in [7, 11) is 0. The van der Waals surface area contributed by atoms with Crippen molar-refractivity contribution in [2.24, 2.45) is 5.92 Å². The fourth-order valence-electron chi connectivity index (χ4n) is 2.12. The molecule has 0 aromatic heterocycles. The van der Waals surface area contributed by atoms with Crippen LogP contribution in [0.25, 0.3) is 0 Å². The van der Waals surface area contributed by atoms with E-state index in [1.165, 1.54) is 12.8 Å². The molecule has 0 heterocycles. The van der Waals surface area contributed by atoms with Crippen molar-refractivity contribution in [3.8, 4) is 0 Å². The summed E-state index contributed by atoms with van der Waals surface area (Å²) < 4.78 is 5.47. The molecule has 1 aliphatic rings. The summed E-state index contributed by atoms with van der Waals surface area (Å²) in [6, 6.07) is 0. The molecule has 2 atom stereocenters. The second-order valence-electron chi connectivity index (χ2n) is 4.59. The first-order valence-corrected chi connectivity index (χ1v) is 6.01. The summed E-state index contributed by atoms with van der Waals surface area (Å²) >= 11 is 0. The molecule has 0 aromatic carbocycles. The summed E-state index contributed by atoms with van der Waals surface area (Å²) in [6.45, 7) is 6.09. The summed E-state index contributed by atoms with van der Waals surface area (Å²) in [5.41, 5.74) is 0.746. The van der Waals surface area contributed by atoms with E-state index in [1.54, 1.807) is 0 Å². The fraction of sp³-hybridized carbons (Fsp3) is 0.769. The Labute approximate surface area is 92.7 Å². The molecule has 0 saturated heterocycles. The molecule has 0 aliphatic heterocycles. The first-order valence-electron chi connectivity index (χ1n) is 6.01. The van der Waals surface area contributed by atoms with Gasteiger partial charge in [-0.25, -0.2) is 4.79 Å². The van der Waals surface area contributed by atoms with E-state index in [0.717, 1.165) is 24.8 Å². The topological polar surface area (TPSA) is 26.3 Å². The fourth-order valence-corrected chi connectivity index (χ4v) is 2.12. The van der Waals surface area contributed by atoms with Crippen molar-refractivity contribution < 1.29 is 9.53 Å². The SMILES string of the molecule is CCC=C(C)C(=O)OC1CCCC(C)C1. The number of ether oxygens (including phenoxy) is 1. The Balaban J connectivity index is 2.40. The lowest BCUT2D eigenvalue weighted by molar-refractivity contribution is -0.146. The molecule has 2 heteroatoms. The van der Waals surface area contributed by atoms with Crippen molar-refractivity contribution in [1.82, 2.24) is 0 Å². The van der Waals surface area contributed by atoms with Crippen molar-refractivity contribution in [3.63, 3.8) is 0 Å². The predicted octanol–water partition coefficient (Wildman–Crippen LogP) is 3.46. The molecule has 0 N–H and O–H groups in total. The van der Waals surface area contributed by atoms with Crippen LogP contribution in [0.4, 0.5) is 0 Å². The van der Waals surface area contributed by atoms with Gasteiger partial charge in [-0.05, 0) is 38.5 Å². The van der Waals surface area contributed by atoms with Crippen LogP contribution in [0.15, 0.2) is 11.6 Å². The van der Waals surface area contributed by atoms with Gasteiger partial charge < -0.3 is 4.74 Å². The van der Waals surface area contributed by atoms with Crippen LogP contribution in [0, 0.1) is 5.92 Å². The van der Waals surface area contributed by atoms with Gasteiger partial charge in [0.2, 0.25) is 0 Å². The first-order chi connectivity index (χ1) is 7.13. The summed E-state index contributed by atoms with van der Waals surface area (Å²) in [5.74, 6) is 0.572. The van der Waals surface area contributed by atoms with E-state index >= 15 is 0 Å². The smallest absolute Gasteiger partial charge is 0.333 e. The van der Waals surface area contributed by atoms with Crippen molar-refractivity contribution in [1.29, 1.82) is 0 Å². The third kappa shape index (κ3) is 4.06. The van der Waals surface area contributed by atoms with Crippen LogP contribution in [0.3, 0.4) is 0 Å². The van der Waals surface area contributed by atoms with E-state index in [2.05, 4.69) is 6.92 Å². The maximum absolute atomic E-state index is 11.6. The Bertz CT molecular complexity index is 243. The van der Waals surface area contributed by atoms with Crippen LogP contribution in [-0.4, -0.2) is 12.1 Å². The molecule has 1 saturated carbocycles. The van der Waals surface area contributed by atoms with E-state index in [1.807, 2.05) is 19.9 Å². The zero-order chi connectivity index (χ0) is 11.3. The molecule has 1 aliphatic carbocycles. The molecule has 0 aromatic rings. The molecule has 15 heavy (non-hydrogen) atoms. The van der Waals surface area contributed by atoms with E-state index in [4.69, 9.17) is 4.74 Å². The van der Waals surface area contributed by atoms with Crippen molar-refractivity contribution in [3.05, 3.63) is 11.6 Å². The second kappa shape index (κ2) is 5.94. The highest BCUT2D eigenvalue weighted by Gasteiger charge is 2.22. The molecule has 1 rings (SSSR count). The quantitative estimate of drug-likeness (QED) is 0.526. The second-order valence-corrected chi connectivity index (χ2v) is 4.59. The van der Waals surface area contributed by atoms with Crippen molar-refractivity contribution in [2.45, 2.75) is 59.0 Å². The zero-order valence-corrected chi connectivity index (χ0v) is 10.1. The molecule has 86 valence electrons. The van der Waals surface area contributed by atoms with Crippen LogP contribution < -0.4 is 0 Å². The summed E-state index contributed by atoms with van der Waals surface area (Å²) in [5, 5.41) is 0. The molecule has 0 bridgehead atoms. The molecule has 0 amide bonds. The van der Waals surface area contributed by atoms with E-state index in [9.17, 15) is 4.79 Å². The van der Waals surface area contributed by atoms with Crippen molar-refractivity contribution in [2.75, 3.05) is 0 Å². The van der Waals surface area contributed by atoms with E-state index < -0.39 is 0 Å². The number of rotatable bonds is 3. The van der Waals surface area contributed by atoms with Crippen LogP contribution in [0.1, 0.15) is 52.9 Å². The van der Waals surface area contributed by atoms with Gasteiger partial charge in [-0.1, -0.05) is 26.3 Å². The largest absolute Gasteiger partial charge is 0.459 e. The molecule has 2 unspecified atom stereocenters. The lowest BCUT2D eigenvalue weighted by Gasteiger charge is -2.26. The lowest BCUT2D eigenvalue weighted by atomic mass is 9.89. The zero-order valence-electron chi connectivity index (χ0n) is 10.1. The normalized spacial score (nSPS) is 27.5. The third-order valence-corrected chi connectivity index (χ3v) is 2.99. The van der Waals surface area contributed by atoms with Gasteiger partial charge in [-0.2, -0.15) is 0 Å². The van der Waals surface area contributed by atoms with Crippen molar-refractivity contribution >= 4 is 5.97 Å². The average Bonchev–Trinajstić information content (AvgIpc) is 2.18. The Hall–Kier alpha value is -0.790. The van der Waals surface area contributed by atoms with Crippen LogP contribution in [0.2, 0.25) is 0 Å². The van der Waals surface area contributed by atoms with Gasteiger partial charge in [0.1, 0.15) is 6.10 Å². The van der Waals surface area contributed by atoms with Gasteiger partial charge in [-0.3, -0.25) is 0 Å². The summed E-state index contributed by atoms with van der Waals surface area (Å²) in [4.78, 5) is 11.6. The lowest BCUT2D eigenvalue weighted by Crippen LogP contribution is -2.24. The molecule has 1 fully saturated rings. The number of hydrogen-bond acceptors (Lipinski definition) is 2. The summed E-state index contributed by atoms with van der Waals surface area (Å²) in [6.07, 6.45) is 7.51. The maximum Gasteiger partial charge on any atom is 0.333 e. The van der Waals surface area contributed by atoms with Gasteiger partial charge in [0, 0.05) is 5.57 Å². The third-order valence-electron chi connectivity index (χ3n) is 2.99. The Morgan fingerprint density at radius 3 is 2.80 bits per heavy atom. The highest BCUT2D eigenvalue weighted by Crippen LogP contribution is 2.26. The first kappa shape index (κ1) is 12.3.